The summed E-state index contributed by atoms with van der Waals surface area (Å²) in [5, 5.41) is 3.50. The lowest BCUT2D eigenvalue weighted by atomic mass is 9.77. The molecule has 2 aromatic carbocycles. The van der Waals surface area contributed by atoms with Gasteiger partial charge in [0.15, 0.2) is 0 Å². The van der Waals surface area contributed by atoms with E-state index in [1.165, 1.54) is 63.1 Å². The van der Waals surface area contributed by atoms with Crippen LogP contribution in [0.5, 0.6) is 0 Å². The van der Waals surface area contributed by atoms with Gasteiger partial charge < -0.3 is 15.0 Å². The van der Waals surface area contributed by atoms with Gasteiger partial charge in [-0.15, -0.1) is 0 Å². The fourth-order valence-electron chi connectivity index (χ4n) is 8.11. The van der Waals surface area contributed by atoms with Crippen molar-refractivity contribution < 1.29 is 9.53 Å². The number of rotatable bonds is 2. The molecule has 4 aromatic rings. The number of aryl methyl sites for hydroxylation is 4. The Bertz CT molecular complexity index is 1630. The summed E-state index contributed by atoms with van der Waals surface area (Å²) in [6.45, 7) is 5.98. The second-order valence-corrected chi connectivity index (χ2v) is 13.1. The van der Waals surface area contributed by atoms with Crippen LogP contribution in [0.25, 0.3) is 5.57 Å². The van der Waals surface area contributed by atoms with Crippen molar-refractivity contribution in [3.05, 3.63) is 136 Å². The molecule has 48 heavy (non-hydrogen) atoms. The molecule has 2 saturated heterocycles. The molecule has 1 atom stereocenters. The van der Waals surface area contributed by atoms with Gasteiger partial charge in [0.25, 0.3) is 0 Å². The van der Waals surface area contributed by atoms with Crippen molar-refractivity contribution in [1.29, 1.82) is 0 Å². The van der Waals surface area contributed by atoms with Gasteiger partial charge in [0.2, 0.25) is 0 Å². The molecule has 6 heteroatoms. The zero-order valence-electron chi connectivity index (χ0n) is 27.6. The van der Waals surface area contributed by atoms with Crippen molar-refractivity contribution in [1.82, 2.24) is 20.2 Å². The van der Waals surface area contributed by atoms with Crippen molar-refractivity contribution >= 4 is 11.7 Å². The summed E-state index contributed by atoms with van der Waals surface area (Å²) < 4.78 is 5.15. The zero-order chi connectivity index (χ0) is 32.0. The smallest absolute Gasteiger partial charge is 0.409 e. The Balaban J connectivity index is 0.000000167. The van der Waals surface area contributed by atoms with Crippen molar-refractivity contribution in [3.8, 4) is 0 Å². The highest BCUT2D eigenvalue weighted by Gasteiger charge is 2.32. The van der Waals surface area contributed by atoms with Crippen LogP contribution in [0.4, 0.5) is 4.79 Å². The Morgan fingerprint density at radius 1 is 0.771 bits per heavy atom. The first-order valence-electron chi connectivity index (χ1n) is 17.6. The number of fused-ring (bicyclic) bond motifs is 4. The molecular formula is C42H50N4O2. The first kappa shape index (κ1) is 33.6. The number of piperidine rings is 2. The van der Waals surface area contributed by atoms with Crippen LogP contribution in [0, 0.1) is 5.92 Å². The Labute approximate surface area is 286 Å². The highest BCUT2D eigenvalue weighted by atomic mass is 16.6. The molecule has 8 rings (SSSR count). The summed E-state index contributed by atoms with van der Waals surface area (Å²) in [6, 6.07) is 26.3. The average molecular weight is 643 g/mol. The Morgan fingerprint density at radius 3 is 2.19 bits per heavy atom. The molecule has 4 heterocycles. The minimum absolute atomic E-state index is 0. The van der Waals surface area contributed by atoms with Gasteiger partial charge in [0.1, 0.15) is 0 Å². The van der Waals surface area contributed by atoms with Crippen LogP contribution < -0.4 is 5.32 Å². The average Bonchev–Trinajstić information content (AvgIpc) is 3.41. The first-order chi connectivity index (χ1) is 23.2. The van der Waals surface area contributed by atoms with Gasteiger partial charge in [0.05, 0.1) is 18.0 Å². The summed E-state index contributed by atoms with van der Waals surface area (Å²) >= 11 is 0. The van der Waals surface area contributed by atoms with Gasteiger partial charge in [-0.1, -0.05) is 73.7 Å². The predicted octanol–water partition coefficient (Wildman–Crippen LogP) is 8.18. The number of ether oxygens (including phenoxy) is 1. The normalized spacial score (nSPS) is 18.7. The fraction of sp³-hybridized carbons (Fsp3) is 0.405. The van der Waals surface area contributed by atoms with Gasteiger partial charge >= 0.3 is 6.09 Å². The highest BCUT2D eigenvalue weighted by molar-refractivity contribution is 5.84. The Kier molecular flexibility index (Phi) is 11.0. The van der Waals surface area contributed by atoms with E-state index in [0.717, 1.165) is 63.2 Å². The van der Waals surface area contributed by atoms with Crippen LogP contribution in [-0.2, 0) is 30.4 Å². The van der Waals surface area contributed by atoms with Gasteiger partial charge in [0, 0.05) is 37.0 Å². The molecular weight excluding hydrogens is 592 g/mol. The van der Waals surface area contributed by atoms with Crippen LogP contribution in [0.15, 0.2) is 90.8 Å². The number of benzene rings is 2. The number of nitrogens with zero attached hydrogens (tertiary/aromatic N) is 3. The number of carbonyl (C=O) groups is 1. The van der Waals surface area contributed by atoms with E-state index < -0.39 is 0 Å². The molecule has 0 spiro atoms. The molecule has 0 bridgehead atoms. The molecule has 250 valence electrons. The molecule has 1 N–H and O–H groups in total. The molecule has 4 aliphatic rings. The van der Waals surface area contributed by atoms with Gasteiger partial charge in [-0.3, -0.25) is 9.97 Å². The molecule has 0 saturated carbocycles. The lowest BCUT2D eigenvalue weighted by Gasteiger charge is -2.31. The highest BCUT2D eigenvalue weighted by Crippen LogP contribution is 2.41. The van der Waals surface area contributed by atoms with Crippen LogP contribution in [0.3, 0.4) is 0 Å². The summed E-state index contributed by atoms with van der Waals surface area (Å²) in [5.41, 5.74) is 13.7. The number of aromatic nitrogens is 2. The molecule has 0 radical (unpaired) electrons. The van der Waals surface area contributed by atoms with E-state index in [4.69, 9.17) is 14.7 Å². The Hall–Kier alpha value is -4.29. The van der Waals surface area contributed by atoms with E-state index in [-0.39, 0.29) is 13.5 Å². The third-order valence-corrected chi connectivity index (χ3v) is 10.5. The third-order valence-electron chi connectivity index (χ3n) is 10.5. The fourth-order valence-corrected chi connectivity index (χ4v) is 8.11. The second kappa shape index (κ2) is 15.7. The molecule has 2 aliphatic heterocycles. The van der Waals surface area contributed by atoms with E-state index in [2.05, 4.69) is 72.0 Å². The number of hydrogen-bond donors (Lipinski definition) is 1. The van der Waals surface area contributed by atoms with E-state index in [1.54, 1.807) is 0 Å². The SMILES string of the molecule is C.CCOC(=O)N1CCC(=C2c3ccccc3CCc3cccnc32)CC1.c1ccc2c(c1)CCc1cccnc1C2C1CCNCC1. The van der Waals surface area contributed by atoms with Crippen molar-refractivity contribution in [2.45, 2.75) is 71.6 Å². The summed E-state index contributed by atoms with van der Waals surface area (Å²) in [7, 11) is 0. The van der Waals surface area contributed by atoms with Crippen molar-refractivity contribution in [2.24, 2.45) is 5.92 Å². The van der Waals surface area contributed by atoms with Crippen molar-refractivity contribution in [3.63, 3.8) is 0 Å². The molecule has 1 amide bonds. The Morgan fingerprint density at radius 2 is 1.40 bits per heavy atom. The molecule has 1 unspecified atom stereocenters. The van der Waals surface area contributed by atoms with E-state index in [0.29, 0.717) is 25.6 Å². The number of nitrogens with one attached hydrogen (secondary N) is 1. The largest absolute Gasteiger partial charge is 0.450 e. The number of amides is 1. The lowest BCUT2D eigenvalue weighted by Crippen LogP contribution is -2.37. The second-order valence-electron chi connectivity index (χ2n) is 13.1. The number of pyridine rings is 2. The number of hydrogen-bond acceptors (Lipinski definition) is 5. The standard InChI is InChI=1S/C22H24N2O2.C19H22N2.CH4/c1-2-26-22(25)24-14-11-17(12-15-24)20-19-8-4-3-6-16(19)9-10-18-7-5-13-23-21(18)20;1-2-6-17-14(4-1)7-8-16-5-3-11-21-19(16)18(17)15-9-12-20-13-10-15;/h3-8,13H,2,9-12,14-15H2,1H3;1-6,11,15,18,20H,7-10,12-13H2;1H4. The van der Waals surface area contributed by atoms with Crippen LogP contribution in [0.1, 0.15) is 90.7 Å². The van der Waals surface area contributed by atoms with E-state index in [9.17, 15) is 4.79 Å². The maximum absolute atomic E-state index is 12.0. The van der Waals surface area contributed by atoms with Crippen LogP contribution in [0.2, 0.25) is 0 Å². The molecule has 2 fully saturated rings. The quantitative estimate of drug-likeness (QED) is 0.239. The minimum Gasteiger partial charge on any atom is -0.450 e. The van der Waals surface area contributed by atoms with Crippen molar-refractivity contribution in [2.75, 3.05) is 32.8 Å². The van der Waals surface area contributed by atoms with E-state index >= 15 is 0 Å². The third kappa shape index (κ3) is 7.09. The maximum Gasteiger partial charge on any atom is 0.409 e. The lowest BCUT2D eigenvalue weighted by molar-refractivity contribution is 0.104. The summed E-state index contributed by atoms with van der Waals surface area (Å²) in [4.78, 5) is 23.4. The van der Waals surface area contributed by atoms with Gasteiger partial charge in [-0.05, 0) is 123 Å². The van der Waals surface area contributed by atoms with Crippen LogP contribution in [-0.4, -0.2) is 53.7 Å². The topological polar surface area (TPSA) is 67.3 Å². The van der Waals surface area contributed by atoms with Gasteiger partial charge in [-0.2, -0.15) is 0 Å². The summed E-state index contributed by atoms with van der Waals surface area (Å²) in [5.74, 6) is 1.21. The van der Waals surface area contributed by atoms with Gasteiger partial charge in [-0.25, -0.2) is 4.79 Å². The van der Waals surface area contributed by atoms with E-state index in [1.807, 2.05) is 30.3 Å². The first-order valence-corrected chi connectivity index (χ1v) is 17.6. The number of likely N-dealkylation sites (tertiary alicyclic amines) is 1. The number of carbonyl (C=O) groups excluding carboxylic acids is 1. The maximum atomic E-state index is 12.0. The summed E-state index contributed by atoms with van der Waals surface area (Å²) in [6.07, 6.45) is 12.3. The van der Waals surface area contributed by atoms with Crippen LogP contribution >= 0.6 is 0 Å². The molecule has 2 aromatic heterocycles. The molecule has 6 nitrogen and oxygen atoms in total. The monoisotopic (exact) mass is 642 g/mol. The minimum atomic E-state index is -0.198. The molecule has 2 aliphatic carbocycles. The zero-order valence-corrected chi connectivity index (χ0v) is 27.6. The predicted molar refractivity (Wildman–Crippen MR) is 194 cm³/mol.